The van der Waals surface area contributed by atoms with E-state index >= 15 is 0 Å². The summed E-state index contributed by atoms with van der Waals surface area (Å²) < 4.78 is 95.4. The summed E-state index contributed by atoms with van der Waals surface area (Å²) in [6.45, 7) is 8.53. The number of thioether (sulfide) groups is 2. The molecule has 0 aromatic heterocycles. The molecule has 2 heterocycles. The second-order valence-corrected chi connectivity index (χ2v) is 16.3. The van der Waals surface area contributed by atoms with Crippen molar-refractivity contribution < 1.29 is 50.1 Å². The maximum Gasteiger partial charge on any atom is 0.398 e. The topological polar surface area (TPSA) is 98.8 Å². The maximum atomic E-state index is 12.7. The molecule has 4 aromatic carbocycles. The highest BCUT2D eigenvalue weighted by atomic mass is 35.5. The summed E-state index contributed by atoms with van der Waals surface area (Å²) in [7, 11) is 2.99. The summed E-state index contributed by atoms with van der Waals surface area (Å²) >= 11 is 13.3. The summed E-state index contributed by atoms with van der Waals surface area (Å²) in [5, 5.41) is 1.26. The third kappa shape index (κ3) is 18.2. The van der Waals surface area contributed by atoms with Gasteiger partial charge < -0.3 is 34.5 Å². The molecule has 0 spiro atoms. The Kier molecular flexibility index (Phi) is 22.8. The molecule has 2 N–H and O–H groups in total. The third-order valence-corrected chi connectivity index (χ3v) is 11.8. The number of hydrogen-bond donors (Lipinski definition) is 1. The van der Waals surface area contributed by atoms with Crippen molar-refractivity contribution in [3.63, 3.8) is 0 Å². The van der Waals surface area contributed by atoms with Crippen molar-refractivity contribution in [3.8, 4) is 11.5 Å². The van der Waals surface area contributed by atoms with Gasteiger partial charge in [0.25, 0.3) is 5.91 Å². The molecule has 9 nitrogen and oxygen atoms in total. The van der Waals surface area contributed by atoms with Crippen LogP contribution in [0, 0.1) is 13.8 Å². The molecule has 4 aromatic rings. The minimum atomic E-state index is -4.25. The maximum absolute atomic E-state index is 12.7. The van der Waals surface area contributed by atoms with E-state index in [2.05, 4.69) is 4.90 Å². The van der Waals surface area contributed by atoms with Crippen molar-refractivity contribution in [2.45, 2.75) is 50.8 Å². The van der Waals surface area contributed by atoms with Gasteiger partial charge in [0.15, 0.2) is 0 Å². The number of ether oxygens (including phenoxy) is 4. The van der Waals surface area contributed by atoms with Gasteiger partial charge >= 0.3 is 12.4 Å². The van der Waals surface area contributed by atoms with Crippen LogP contribution in [-0.4, -0.2) is 112 Å². The van der Waals surface area contributed by atoms with Crippen molar-refractivity contribution in [2.24, 2.45) is 4.99 Å². The van der Waals surface area contributed by atoms with Crippen LogP contribution in [0.2, 0.25) is 10.0 Å². The molecule has 0 aliphatic carbocycles. The van der Waals surface area contributed by atoms with Crippen LogP contribution in [0.4, 0.5) is 37.7 Å². The van der Waals surface area contributed by atoms with Crippen LogP contribution < -0.4 is 15.2 Å². The Hall–Kier alpha value is -4.00. The van der Waals surface area contributed by atoms with Crippen molar-refractivity contribution in [2.75, 3.05) is 84.1 Å². The first-order chi connectivity index (χ1) is 28.9. The quantitative estimate of drug-likeness (QED) is 0.0578. The second-order valence-electron chi connectivity index (χ2n) is 13.4. The predicted octanol–water partition coefficient (Wildman–Crippen LogP) is 12.0. The minimum absolute atomic E-state index is 0. The van der Waals surface area contributed by atoms with Gasteiger partial charge in [0, 0.05) is 57.1 Å². The highest BCUT2D eigenvalue weighted by Crippen LogP contribution is 2.38. The number of morpholine rings is 2. The largest absolute Gasteiger partial charge is 0.495 e. The van der Waals surface area contributed by atoms with Crippen LogP contribution in [0.25, 0.3) is 0 Å². The van der Waals surface area contributed by atoms with E-state index in [-0.39, 0.29) is 20.8 Å². The number of carbonyl (C=O) groups is 1. The van der Waals surface area contributed by atoms with E-state index in [9.17, 15) is 31.1 Å². The van der Waals surface area contributed by atoms with Crippen LogP contribution in [0.5, 0.6) is 11.5 Å². The van der Waals surface area contributed by atoms with Crippen molar-refractivity contribution >= 4 is 69.8 Å². The van der Waals surface area contributed by atoms with Crippen LogP contribution in [-0.2, 0) is 9.47 Å². The zero-order valence-electron chi connectivity index (χ0n) is 33.8. The lowest BCUT2D eigenvalue weighted by atomic mass is 10.1. The van der Waals surface area contributed by atoms with E-state index in [0.29, 0.717) is 112 Å². The second kappa shape index (κ2) is 26.1. The molecule has 2 aliphatic rings. The molecule has 0 atom stereocenters. The molecule has 0 bridgehead atoms. The predicted molar refractivity (Wildman–Crippen MR) is 245 cm³/mol. The van der Waals surface area contributed by atoms with Gasteiger partial charge in [-0.3, -0.25) is 4.79 Å². The van der Waals surface area contributed by atoms with Gasteiger partial charge in [-0.1, -0.05) is 38.1 Å². The first kappa shape index (κ1) is 55.1. The van der Waals surface area contributed by atoms with Gasteiger partial charge in [0.2, 0.25) is 0 Å². The van der Waals surface area contributed by atoms with Crippen molar-refractivity contribution in [1.82, 2.24) is 9.80 Å². The number of hydrogen-bond acceptors (Lipinski definition) is 9. The zero-order chi connectivity index (χ0) is 44.7. The van der Waals surface area contributed by atoms with Crippen molar-refractivity contribution in [3.05, 3.63) is 105 Å². The Balaban J connectivity index is 0.000000351. The first-order valence-corrected chi connectivity index (χ1v) is 21.4. The highest BCUT2D eigenvalue weighted by molar-refractivity contribution is 7.99. The van der Waals surface area contributed by atoms with Crippen LogP contribution in [0.1, 0.15) is 41.9 Å². The third-order valence-electron chi connectivity index (χ3n) is 8.82. The average Bonchev–Trinajstić information content (AvgIpc) is 3.23. The minimum Gasteiger partial charge on any atom is -0.495 e. The molecule has 19 heteroatoms. The first-order valence-electron chi connectivity index (χ1n) is 18.7. The number of nitrogen functional groups attached to an aromatic ring is 1. The van der Waals surface area contributed by atoms with E-state index < -0.39 is 23.9 Å². The molecule has 6 rings (SSSR count). The molecular formula is C44H54Cl2F6N4O5S2. The van der Waals surface area contributed by atoms with Crippen LogP contribution >= 0.6 is 46.7 Å². The molecular weight excluding hydrogens is 914 g/mol. The summed E-state index contributed by atoms with van der Waals surface area (Å²) in [6, 6.07) is 20.8. The smallest absolute Gasteiger partial charge is 0.398 e. The number of aliphatic imine (C=N–C) groups is 1. The number of carbonyl (C=O) groups excluding carboxylic acids is 1. The van der Waals surface area contributed by atoms with E-state index in [1.165, 1.54) is 20.3 Å². The van der Waals surface area contributed by atoms with Gasteiger partial charge in [-0.15, -0.1) is 23.5 Å². The Bertz CT molecular complexity index is 2070. The zero-order valence-corrected chi connectivity index (χ0v) is 36.9. The number of rotatable bonds is 9. The van der Waals surface area contributed by atoms with E-state index in [4.69, 9.17) is 52.9 Å². The molecule has 0 radical (unpaired) electrons. The van der Waals surface area contributed by atoms with Gasteiger partial charge in [-0.2, -0.15) is 26.3 Å². The number of halogens is 8. The monoisotopic (exact) mass is 966 g/mol. The molecule has 2 fully saturated rings. The van der Waals surface area contributed by atoms with E-state index in [0.717, 1.165) is 34.7 Å². The molecule has 2 saturated heterocycles. The van der Waals surface area contributed by atoms with Gasteiger partial charge in [0.05, 0.1) is 57.8 Å². The number of anilines is 1. The lowest BCUT2D eigenvalue weighted by Gasteiger charge is -2.30. The fourth-order valence-corrected chi connectivity index (χ4v) is 7.60. The normalized spacial score (nSPS) is 14.2. The summed E-state index contributed by atoms with van der Waals surface area (Å²) in [5.74, 6) is -0.146. The molecule has 1 amide bonds. The standard InChI is InChI=1S/C21H22ClF3N2O2S.C11H12ClNO2.C10H12F3NOS.2CH4/c1-14-11-18(28-2)17(12-19(14)30-13-21(23,24)25)26-20(27-7-9-29-10-8-27)15-3-5-16(22)6-4-15;12-10-3-1-9(2-4-10)11(14)13-5-7-15-8-6-13;1-6-3-8(15-2)7(14)4-9(6)16-5-10(11,12)13;;/h3-6,11-12H,7-10,13H2,1-2H3;1-4H,5-8H2;3-4H,5,14H2,1-2H3;2*1H4. The Morgan fingerprint density at radius 3 is 1.54 bits per heavy atom. The van der Waals surface area contributed by atoms with Crippen molar-refractivity contribution in [1.29, 1.82) is 0 Å². The number of amidine groups is 1. The number of methoxy groups -OCH3 is 2. The number of alkyl halides is 6. The Morgan fingerprint density at radius 2 is 1.10 bits per heavy atom. The number of amides is 1. The number of benzene rings is 4. The Morgan fingerprint density at radius 1 is 0.683 bits per heavy atom. The fraction of sp³-hybridized carbons (Fsp3) is 0.409. The van der Waals surface area contributed by atoms with E-state index in [1.54, 1.807) is 73.3 Å². The molecule has 348 valence electrons. The van der Waals surface area contributed by atoms with Gasteiger partial charge in [-0.05, 0) is 97.8 Å². The molecule has 2 aliphatic heterocycles. The lowest BCUT2D eigenvalue weighted by molar-refractivity contribution is -0.106. The van der Waals surface area contributed by atoms with Crippen LogP contribution in [0.3, 0.4) is 0 Å². The molecule has 63 heavy (non-hydrogen) atoms. The number of aryl methyl sites for hydroxylation is 2. The van der Waals surface area contributed by atoms with E-state index in [1.807, 2.05) is 12.1 Å². The SMILES string of the molecule is C.C.COc1cc(C)c(SCC(F)(F)F)cc1N.COc1cc(C)c(SCC(F)(F)F)cc1N=C(c1ccc(Cl)cc1)N1CCOCC1.O=C(c1ccc(Cl)cc1)N1CCOCC1. The fourth-order valence-electron chi connectivity index (χ4n) is 5.73. The number of nitrogens with two attached hydrogens (primary N) is 1. The Labute approximate surface area is 384 Å². The summed E-state index contributed by atoms with van der Waals surface area (Å²) in [5.41, 5.74) is 9.41. The van der Waals surface area contributed by atoms with Gasteiger partial charge in [-0.25, -0.2) is 4.99 Å². The average molecular weight is 968 g/mol. The summed E-state index contributed by atoms with van der Waals surface area (Å²) in [6.07, 6.45) is -8.42. The van der Waals surface area contributed by atoms with Crippen LogP contribution in [0.15, 0.2) is 87.6 Å². The van der Waals surface area contributed by atoms with Gasteiger partial charge in [0.1, 0.15) is 23.0 Å². The highest BCUT2D eigenvalue weighted by Gasteiger charge is 2.29. The molecule has 0 unspecified atom stereocenters. The molecule has 0 saturated carbocycles. The lowest BCUT2D eigenvalue weighted by Crippen LogP contribution is -2.41. The summed E-state index contributed by atoms with van der Waals surface area (Å²) in [4.78, 5) is 21.7. The number of nitrogens with zero attached hydrogens (tertiary/aromatic N) is 3.